The van der Waals surface area contributed by atoms with E-state index in [2.05, 4.69) is 20.8 Å². The lowest BCUT2D eigenvalue weighted by molar-refractivity contribution is 0.170. The number of nitrogens with two attached hydrogens (primary N) is 1. The van der Waals surface area contributed by atoms with Crippen molar-refractivity contribution in [2.75, 3.05) is 26.7 Å². The monoisotopic (exact) mass is 375 g/mol. The van der Waals surface area contributed by atoms with E-state index in [1.807, 2.05) is 27.0 Å². The van der Waals surface area contributed by atoms with Crippen LogP contribution >= 0.6 is 15.9 Å². The van der Waals surface area contributed by atoms with Crippen LogP contribution in [0.25, 0.3) is 0 Å². The zero-order chi connectivity index (χ0) is 15.8. The van der Waals surface area contributed by atoms with Gasteiger partial charge in [-0.3, -0.25) is 0 Å². The molecule has 1 unspecified atom stereocenters. The molecule has 1 aliphatic rings. The Kier molecular flexibility index (Phi) is 5.10. The molecule has 1 aliphatic heterocycles. The van der Waals surface area contributed by atoms with Crippen LogP contribution in [0.15, 0.2) is 21.5 Å². The lowest BCUT2D eigenvalue weighted by Gasteiger charge is -2.37. The maximum Gasteiger partial charge on any atom is 0.243 e. The van der Waals surface area contributed by atoms with Crippen molar-refractivity contribution in [2.45, 2.75) is 31.3 Å². The average Bonchev–Trinajstić information content (AvgIpc) is 2.40. The van der Waals surface area contributed by atoms with E-state index in [9.17, 15) is 8.42 Å². The van der Waals surface area contributed by atoms with Gasteiger partial charge in [0.15, 0.2) is 0 Å². The highest BCUT2D eigenvalue weighted by Crippen LogP contribution is 2.29. The number of piperazine rings is 1. The van der Waals surface area contributed by atoms with E-state index in [-0.39, 0.29) is 6.04 Å². The van der Waals surface area contributed by atoms with Crippen molar-refractivity contribution in [2.24, 2.45) is 5.73 Å². The highest BCUT2D eigenvalue weighted by Gasteiger charge is 2.34. The number of rotatable bonds is 3. The van der Waals surface area contributed by atoms with Crippen molar-refractivity contribution >= 4 is 26.0 Å². The quantitative estimate of drug-likeness (QED) is 0.869. The van der Waals surface area contributed by atoms with Crippen molar-refractivity contribution in [1.29, 1.82) is 0 Å². The van der Waals surface area contributed by atoms with E-state index < -0.39 is 10.0 Å². The molecular weight excluding hydrogens is 354 g/mol. The van der Waals surface area contributed by atoms with Crippen LogP contribution in [0.5, 0.6) is 0 Å². The zero-order valence-corrected chi connectivity index (χ0v) is 15.0. The van der Waals surface area contributed by atoms with Gasteiger partial charge in [0, 0.05) is 36.7 Å². The number of likely N-dealkylation sites (N-methyl/N-ethyl adjacent to an activating group) is 1. The third kappa shape index (κ3) is 3.32. The van der Waals surface area contributed by atoms with Gasteiger partial charge in [-0.15, -0.1) is 0 Å². The molecule has 0 aromatic heterocycles. The van der Waals surface area contributed by atoms with E-state index in [0.29, 0.717) is 18.0 Å². The van der Waals surface area contributed by atoms with Crippen LogP contribution in [0.1, 0.15) is 18.1 Å². The largest absolute Gasteiger partial charge is 0.326 e. The number of hydrogen-bond acceptors (Lipinski definition) is 4. The second kappa shape index (κ2) is 6.34. The summed E-state index contributed by atoms with van der Waals surface area (Å²) >= 11 is 3.43. The molecular formula is C14H22BrN3O2S. The van der Waals surface area contributed by atoms with Crippen LogP contribution < -0.4 is 5.73 Å². The maximum absolute atomic E-state index is 13.0. The van der Waals surface area contributed by atoms with E-state index in [0.717, 1.165) is 28.7 Å². The molecule has 118 valence electrons. The molecule has 2 N–H and O–H groups in total. The van der Waals surface area contributed by atoms with Crippen molar-refractivity contribution in [3.05, 3.63) is 27.7 Å². The van der Waals surface area contributed by atoms with Gasteiger partial charge >= 0.3 is 0 Å². The molecule has 0 saturated carbocycles. The van der Waals surface area contributed by atoms with E-state index in [1.165, 1.54) is 0 Å². The Balaban J connectivity index is 2.47. The molecule has 1 saturated heterocycles. The van der Waals surface area contributed by atoms with Crippen molar-refractivity contribution in [3.63, 3.8) is 0 Å². The lowest BCUT2D eigenvalue weighted by atomic mass is 10.1. The molecule has 2 rings (SSSR count). The van der Waals surface area contributed by atoms with Gasteiger partial charge in [0.1, 0.15) is 0 Å². The summed E-state index contributed by atoms with van der Waals surface area (Å²) in [5, 5.41) is 0. The normalized spacial score (nSPS) is 21.7. The summed E-state index contributed by atoms with van der Waals surface area (Å²) in [4.78, 5) is 2.50. The van der Waals surface area contributed by atoms with Gasteiger partial charge in [-0.25, -0.2) is 8.42 Å². The number of benzene rings is 1. The Morgan fingerprint density at radius 1 is 1.38 bits per heavy atom. The molecule has 1 atom stereocenters. The minimum Gasteiger partial charge on any atom is -0.326 e. The fraction of sp³-hybridized carbons (Fsp3) is 0.571. The van der Waals surface area contributed by atoms with Gasteiger partial charge in [-0.05, 0) is 44.2 Å². The highest BCUT2D eigenvalue weighted by molar-refractivity contribution is 9.10. The first-order chi connectivity index (χ1) is 9.77. The SMILES string of the molecule is Cc1c(Br)cc(CN)cc1S(=O)(=O)N1CCN(C)CC1C. The molecule has 1 aromatic carbocycles. The van der Waals surface area contributed by atoms with Gasteiger partial charge in [-0.1, -0.05) is 15.9 Å². The van der Waals surface area contributed by atoms with Crippen molar-refractivity contribution in [3.8, 4) is 0 Å². The standard InChI is InChI=1S/C14H22BrN3O2S/c1-10-9-17(3)4-5-18(10)21(19,20)14-7-12(8-16)6-13(15)11(14)2/h6-7,10H,4-5,8-9,16H2,1-3H3. The smallest absolute Gasteiger partial charge is 0.243 e. The fourth-order valence-electron chi connectivity index (χ4n) is 2.70. The Morgan fingerprint density at radius 3 is 2.62 bits per heavy atom. The van der Waals surface area contributed by atoms with Gasteiger partial charge < -0.3 is 10.6 Å². The summed E-state index contributed by atoms with van der Waals surface area (Å²) in [6, 6.07) is 3.54. The first-order valence-corrected chi connectivity index (χ1v) is 9.20. The summed E-state index contributed by atoms with van der Waals surface area (Å²) in [6.45, 7) is 6.10. The minimum absolute atomic E-state index is 0.0338. The fourth-order valence-corrected chi connectivity index (χ4v) is 5.25. The Labute approximate surface area is 135 Å². The van der Waals surface area contributed by atoms with Crippen LogP contribution in [0.4, 0.5) is 0 Å². The molecule has 1 aromatic rings. The number of nitrogens with zero attached hydrogens (tertiary/aromatic N) is 2. The Hall–Kier alpha value is -0.470. The number of halogens is 1. The second-order valence-corrected chi connectivity index (χ2v) is 8.35. The first kappa shape index (κ1) is 16.9. The molecule has 0 radical (unpaired) electrons. The van der Waals surface area contributed by atoms with Gasteiger partial charge in [0.25, 0.3) is 0 Å². The molecule has 0 aliphatic carbocycles. The van der Waals surface area contributed by atoms with E-state index in [4.69, 9.17) is 5.73 Å². The van der Waals surface area contributed by atoms with Crippen LogP contribution in [0.3, 0.4) is 0 Å². The van der Waals surface area contributed by atoms with Gasteiger partial charge in [0.05, 0.1) is 4.90 Å². The molecule has 0 amide bonds. The molecule has 0 spiro atoms. The summed E-state index contributed by atoms with van der Waals surface area (Å²) in [6.07, 6.45) is 0. The third-order valence-corrected chi connectivity index (χ3v) is 6.91. The Bertz CT molecular complexity index is 633. The highest BCUT2D eigenvalue weighted by atomic mass is 79.9. The van der Waals surface area contributed by atoms with Crippen molar-refractivity contribution in [1.82, 2.24) is 9.21 Å². The summed E-state index contributed by atoms with van der Waals surface area (Å²) in [5.41, 5.74) is 7.22. The van der Waals surface area contributed by atoms with Crippen LogP contribution in [-0.4, -0.2) is 50.3 Å². The summed E-state index contributed by atoms with van der Waals surface area (Å²) < 4.78 is 28.4. The van der Waals surface area contributed by atoms with E-state index in [1.54, 1.807) is 10.4 Å². The van der Waals surface area contributed by atoms with Crippen LogP contribution in [-0.2, 0) is 16.6 Å². The zero-order valence-electron chi connectivity index (χ0n) is 12.6. The predicted octanol–water partition coefficient (Wildman–Crippen LogP) is 1.54. The molecule has 0 bridgehead atoms. The number of hydrogen-bond donors (Lipinski definition) is 1. The van der Waals surface area contributed by atoms with E-state index >= 15 is 0 Å². The molecule has 1 heterocycles. The van der Waals surface area contributed by atoms with Crippen molar-refractivity contribution < 1.29 is 8.42 Å². The molecule has 21 heavy (non-hydrogen) atoms. The van der Waals surface area contributed by atoms with Crippen LogP contribution in [0.2, 0.25) is 0 Å². The first-order valence-electron chi connectivity index (χ1n) is 6.97. The summed E-state index contributed by atoms with van der Waals surface area (Å²) in [7, 11) is -1.49. The Morgan fingerprint density at radius 2 is 2.05 bits per heavy atom. The second-order valence-electron chi connectivity index (χ2n) is 5.63. The van der Waals surface area contributed by atoms with Crippen LogP contribution in [0, 0.1) is 6.92 Å². The predicted molar refractivity (Wildman–Crippen MR) is 87.6 cm³/mol. The molecule has 5 nitrogen and oxygen atoms in total. The molecule has 1 fully saturated rings. The third-order valence-electron chi connectivity index (χ3n) is 3.95. The number of sulfonamides is 1. The molecule has 7 heteroatoms. The lowest BCUT2D eigenvalue weighted by Crippen LogP contribution is -2.52. The van der Waals surface area contributed by atoms with Gasteiger partial charge in [0.2, 0.25) is 10.0 Å². The average molecular weight is 376 g/mol. The minimum atomic E-state index is -3.50. The maximum atomic E-state index is 13.0. The summed E-state index contributed by atoms with van der Waals surface area (Å²) in [5.74, 6) is 0. The van der Waals surface area contributed by atoms with Gasteiger partial charge in [-0.2, -0.15) is 4.31 Å². The topological polar surface area (TPSA) is 66.6 Å².